The number of rotatable bonds is 77. The molecule has 17 nitrogen and oxygen atoms in total. The third kappa shape index (κ3) is 73.1. The summed E-state index contributed by atoms with van der Waals surface area (Å²) >= 11 is 0. The second-order valence-electron chi connectivity index (χ2n) is 27.4. The molecule has 5 atom stereocenters. The highest BCUT2D eigenvalue weighted by molar-refractivity contribution is 7.47. The standard InChI is InChI=1S/C81H148O17P2/c1-5-9-13-17-21-25-29-33-36-37-40-44-48-52-56-60-64-68-81(86)98-77(72-92-79(84)66-62-58-54-50-46-42-38-34-30-26-22-18-14-10-6-2)74-96-100(89,90)94-70-75(82)69-93-99(87,88)95-73-76(71-91-78(83)65-61-57-53-49-45-41-32-28-24-20-16-12-8-4)97-80(85)67-63-59-55-51-47-43-39-35-31-27-23-19-15-11-7-3/h21,25,28,32-33,36,40,44,52,56,75-77,82H,5-20,22-24,26-27,29-31,34-35,37-39,41-43,45-51,53-55,57-74H2,1-4H3,(H,87,88)(H,89,90)/b25-21-,32-28-,36-33-,44-40-,56-52-/t75?,76-,77-/m1/s1. The highest BCUT2D eigenvalue weighted by Crippen LogP contribution is 2.45. The van der Waals surface area contributed by atoms with Crippen LogP contribution in [0.5, 0.6) is 0 Å². The first-order valence-corrected chi connectivity index (χ1v) is 43.5. The van der Waals surface area contributed by atoms with Crippen LogP contribution in [0.25, 0.3) is 0 Å². The average Bonchev–Trinajstić information content (AvgIpc) is 1.22. The Morgan fingerprint density at radius 1 is 0.280 bits per heavy atom. The Labute approximate surface area is 610 Å². The van der Waals surface area contributed by atoms with E-state index in [1.807, 2.05) is 12.2 Å². The fraction of sp³-hybridized carbons (Fsp3) is 0.827. The molecule has 0 saturated carbocycles. The molecule has 0 aliphatic rings. The van der Waals surface area contributed by atoms with Crippen LogP contribution in [0.15, 0.2) is 60.8 Å². The zero-order valence-corrected chi connectivity index (χ0v) is 65.7. The summed E-state index contributed by atoms with van der Waals surface area (Å²) in [4.78, 5) is 73.0. The summed E-state index contributed by atoms with van der Waals surface area (Å²) in [5.74, 6) is -2.21. The summed E-state index contributed by atoms with van der Waals surface area (Å²) in [6, 6.07) is 0. The molecule has 0 aromatic carbocycles. The maximum atomic E-state index is 13.1. The van der Waals surface area contributed by atoms with Gasteiger partial charge >= 0.3 is 39.5 Å². The summed E-state index contributed by atoms with van der Waals surface area (Å²) in [6.07, 6.45) is 73.4. The normalized spacial score (nSPS) is 14.2. The number of esters is 4. The molecule has 0 radical (unpaired) electrons. The largest absolute Gasteiger partial charge is 0.472 e. The Morgan fingerprint density at radius 3 is 0.830 bits per heavy atom. The van der Waals surface area contributed by atoms with Gasteiger partial charge in [-0.1, -0.05) is 320 Å². The summed E-state index contributed by atoms with van der Waals surface area (Å²) < 4.78 is 68.6. The van der Waals surface area contributed by atoms with Gasteiger partial charge in [0, 0.05) is 25.7 Å². The SMILES string of the molecule is CCCCC/C=C\C/C=C\C/C=C\C/C=C\CCCC(=O)O[C@H](COC(=O)CCCCCCCCCCCCCCCCC)COP(=O)(O)OCC(O)COP(=O)(O)OC[C@@H](COC(=O)CCCCCCC/C=C\CCCCCC)OC(=O)CCCCCCCCCCCCCCCCC. The number of carbonyl (C=O) groups is 4. The summed E-state index contributed by atoms with van der Waals surface area (Å²) in [5, 5.41) is 10.6. The molecule has 0 spiro atoms. The van der Waals surface area contributed by atoms with Crippen molar-refractivity contribution in [2.24, 2.45) is 0 Å². The lowest BCUT2D eigenvalue weighted by molar-refractivity contribution is -0.161. The average molecular weight is 1460 g/mol. The van der Waals surface area contributed by atoms with Crippen LogP contribution in [0.3, 0.4) is 0 Å². The van der Waals surface area contributed by atoms with Crippen LogP contribution in [0, 0.1) is 0 Å². The molecule has 0 aliphatic heterocycles. The summed E-state index contributed by atoms with van der Waals surface area (Å²) in [7, 11) is -9.96. The van der Waals surface area contributed by atoms with Crippen molar-refractivity contribution in [3.05, 3.63) is 60.8 Å². The first-order chi connectivity index (χ1) is 48.7. The van der Waals surface area contributed by atoms with E-state index in [4.69, 9.17) is 37.0 Å². The van der Waals surface area contributed by atoms with Gasteiger partial charge in [-0.05, 0) is 89.9 Å². The van der Waals surface area contributed by atoms with Gasteiger partial charge in [0.15, 0.2) is 12.2 Å². The van der Waals surface area contributed by atoms with E-state index in [-0.39, 0.29) is 25.7 Å². The number of unbranched alkanes of at least 4 members (excludes halogenated alkanes) is 41. The van der Waals surface area contributed by atoms with Gasteiger partial charge in [0.1, 0.15) is 19.3 Å². The molecule has 0 aromatic rings. The second-order valence-corrected chi connectivity index (χ2v) is 30.3. The van der Waals surface area contributed by atoms with Gasteiger partial charge in [-0.3, -0.25) is 37.3 Å². The number of hydrogen-bond acceptors (Lipinski definition) is 15. The van der Waals surface area contributed by atoms with Crippen LogP contribution in [0.2, 0.25) is 0 Å². The third-order valence-electron chi connectivity index (χ3n) is 17.5. The van der Waals surface area contributed by atoms with Gasteiger partial charge in [-0.15, -0.1) is 0 Å². The minimum atomic E-state index is -4.98. The van der Waals surface area contributed by atoms with Gasteiger partial charge in [0.2, 0.25) is 0 Å². The van der Waals surface area contributed by atoms with Crippen LogP contribution in [-0.2, 0) is 65.4 Å². The van der Waals surface area contributed by atoms with Crippen molar-refractivity contribution < 1.29 is 80.2 Å². The molecule has 0 heterocycles. The highest BCUT2D eigenvalue weighted by atomic mass is 31.2. The van der Waals surface area contributed by atoms with Gasteiger partial charge in [0.05, 0.1) is 26.4 Å². The Kier molecular flexibility index (Phi) is 71.6. The highest BCUT2D eigenvalue weighted by Gasteiger charge is 2.30. The van der Waals surface area contributed by atoms with Crippen LogP contribution >= 0.6 is 15.6 Å². The van der Waals surface area contributed by atoms with E-state index in [2.05, 4.69) is 76.3 Å². The number of carbonyl (C=O) groups excluding carboxylic acids is 4. The van der Waals surface area contributed by atoms with Gasteiger partial charge in [0.25, 0.3) is 0 Å². The molecule has 0 rings (SSSR count). The number of phosphoric ester groups is 2. The fourth-order valence-electron chi connectivity index (χ4n) is 11.3. The maximum absolute atomic E-state index is 13.1. The maximum Gasteiger partial charge on any atom is 0.472 e. The molecule has 19 heteroatoms. The van der Waals surface area contributed by atoms with E-state index >= 15 is 0 Å². The van der Waals surface area contributed by atoms with Crippen LogP contribution < -0.4 is 0 Å². The summed E-state index contributed by atoms with van der Waals surface area (Å²) in [6.45, 7) is 4.84. The van der Waals surface area contributed by atoms with Crippen molar-refractivity contribution in [3.63, 3.8) is 0 Å². The molecule has 100 heavy (non-hydrogen) atoms. The number of hydrogen-bond donors (Lipinski definition) is 3. The zero-order valence-electron chi connectivity index (χ0n) is 63.9. The number of aliphatic hydroxyl groups excluding tert-OH is 1. The van der Waals surface area contributed by atoms with Crippen molar-refractivity contribution in [1.29, 1.82) is 0 Å². The van der Waals surface area contributed by atoms with E-state index in [9.17, 15) is 43.2 Å². The number of phosphoric acid groups is 2. The van der Waals surface area contributed by atoms with Gasteiger partial charge in [-0.2, -0.15) is 0 Å². The van der Waals surface area contributed by atoms with Crippen molar-refractivity contribution in [1.82, 2.24) is 0 Å². The lowest BCUT2D eigenvalue weighted by Crippen LogP contribution is -2.30. The van der Waals surface area contributed by atoms with E-state index in [1.54, 1.807) is 0 Å². The van der Waals surface area contributed by atoms with E-state index in [1.165, 1.54) is 180 Å². The van der Waals surface area contributed by atoms with Crippen molar-refractivity contribution in [2.45, 2.75) is 393 Å². The Hall–Kier alpha value is -3.24. The molecule has 0 fully saturated rings. The van der Waals surface area contributed by atoms with Crippen LogP contribution in [0.4, 0.5) is 0 Å². The Bertz CT molecular complexity index is 2130. The predicted octanol–water partition coefficient (Wildman–Crippen LogP) is 23.5. The minimum Gasteiger partial charge on any atom is -0.462 e. The lowest BCUT2D eigenvalue weighted by atomic mass is 10.0. The fourth-order valence-corrected chi connectivity index (χ4v) is 12.8. The molecule has 0 aromatic heterocycles. The molecule has 3 unspecified atom stereocenters. The van der Waals surface area contributed by atoms with Crippen molar-refractivity contribution in [2.75, 3.05) is 39.6 Å². The monoisotopic (exact) mass is 1460 g/mol. The van der Waals surface area contributed by atoms with E-state index in [0.717, 1.165) is 109 Å². The Morgan fingerprint density at radius 2 is 0.500 bits per heavy atom. The molecular formula is C81H148O17P2. The summed E-state index contributed by atoms with van der Waals surface area (Å²) in [5.41, 5.74) is 0. The third-order valence-corrected chi connectivity index (χ3v) is 19.4. The number of allylic oxidation sites excluding steroid dienone is 10. The smallest absolute Gasteiger partial charge is 0.462 e. The van der Waals surface area contributed by atoms with Crippen molar-refractivity contribution >= 4 is 39.5 Å². The first kappa shape index (κ1) is 96.8. The molecule has 3 N–H and O–H groups in total. The molecule has 0 aliphatic carbocycles. The number of ether oxygens (including phenoxy) is 4. The minimum absolute atomic E-state index is 0.0244. The van der Waals surface area contributed by atoms with Gasteiger partial charge < -0.3 is 33.8 Å². The molecule has 584 valence electrons. The second kappa shape index (κ2) is 74.0. The van der Waals surface area contributed by atoms with Crippen molar-refractivity contribution in [3.8, 4) is 0 Å². The molecular weight excluding hydrogens is 1310 g/mol. The van der Waals surface area contributed by atoms with Gasteiger partial charge in [-0.25, -0.2) is 9.13 Å². The molecule has 0 bridgehead atoms. The van der Waals surface area contributed by atoms with E-state index < -0.39 is 97.5 Å². The van der Waals surface area contributed by atoms with E-state index in [0.29, 0.717) is 32.1 Å². The topological polar surface area (TPSA) is 237 Å². The Balaban J connectivity index is 5.37. The molecule has 0 amide bonds. The lowest BCUT2D eigenvalue weighted by Gasteiger charge is -2.21. The number of aliphatic hydroxyl groups is 1. The van der Waals surface area contributed by atoms with Crippen LogP contribution in [0.1, 0.15) is 374 Å². The first-order valence-electron chi connectivity index (χ1n) is 40.5. The van der Waals surface area contributed by atoms with Crippen LogP contribution in [-0.4, -0.2) is 96.7 Å². The predicted molar refractivity (Wildman–Crippen MR) is 409 cm³/mol. The molecule has 0 saturated heterocycles. The zero-order chi connectivity index (χ0) is 73.2. The quantitative estimate of drug-likeness (QED) is 0.0169.